The predicted molar refractivity (Wildman–Crippen MR) is 86.6 cm³/mol. The Morgan fingerprint density at radius 2 is 2.33 bits per heavy atom. The number of aryl methyl sites for hydroxylation is 1. The van der Waals surface area contributed by atoms with Crippen LogP contribution in [0.25, 0.3) is 0 Å². The fourth-order valence-corrected chi connectivity index (χ4v) is 3.20. The summed E-state index contributed by atoms with van der Waals surface area (Å²) in [4.78, 5) is 16.8. The van der Waals surface area contributed by atoms with Crippen LogP contribution in [0.3, 0.4) is 0 Å². The van der Waals surface area contributed by atoms with Gasteiger partial charge in [0.25, 0.3) is 11.8 Å². The number of rotatable bonds is 4. The second kappa shape index (κ2) is 6.60. The topological polar surface area (TPSA) is 89.3 Å². The molecule has 126 valence electrons. The Morgan fingerprint density at radius 3 is 3.21 bits per heavy atom. The summed E-state index contributed by atoms with van der Waals surface area (Å²) < 4.78 is 10.7. The van der Waals surface area contributed by atoms with Crippen molar-refractivity contribution >= 4 is 11.6 Å². The zero-order valence-electron chi connectivity index (χ0n) is 13.4. The first-order valence-electron chi connectivity index (χ1n) is 8.39. The standard InChI is InChI=1S/C17H20N4O3/c22-16(12-6-1-4-11-5-2-8-18-15(11)12)19-10-14-20-17(24-21-14)13-7-3-9-23-13/h1,4,6,13,18H,2-3,5,7-10H2,(H,19,22)/t13-/m1/s1. The van der Waals surface area contributed by atoms with Crippen molar-refractivity contribution in [1.29, 1.82) is 0 Å². The monoisotopic (exact) mass is 328 g/mol. The number of nitrogens with zero attached hydrogens (tertiary/aromatic N) is 2. The molecule has 1 saturated heterocycles. The molecule has 24 heavy (non-hydrogen) atoms. The van der Waals surface area contributed by atoms with Crippen LogP contribution in [0.4, 0.5) is 5.69 Å². The molecule has 1 aromatic heterocycles. The normalized spacial score (nSPS) is 19.6. The van der Waals surface area contributed by atoms with E-state index in [2.05, 4.69) is 26.8 Å². The SMILES string of the molecule is O=C(NCc1noc([C@H]2CCCO2)n1)c1cccc2c1NCCC2. The highest BCUT2D eigenvalue weighted by Gasteiger charge is 2.24. The number of anilines is 1. The van der Waals surface area contributed by atoms with Gasteiger partial charge in [0.05, 0.1) is 17.8 Å². The number of benzene rings is 1. The molecule has 2 aromatic rings. The van der Waals surface area contributed by atoms with Crippen LogP contribution in [0.15, 0.2) is 22.7 Å². The van der Waals surface area contributed by atoms with Crippen molar-refractivity contribution < 1.29 is 14.1 Å². The molecule has 1 amide bonds. The molecule has 0 saturated carbocycles. The smallest absolute Gasteiger partial charge is 0.255 e. The number of hydrogen-bond donors (Lipinski definition) is 2. The van der Waals surface area contributed by atoms with Crippen LogP contribution < -0.4 is 10.6 Å². The van der Waals surface area contributed by atoms with Crippen molar-refractivity contribution in [3.63, 3.8) is 0 Å². The van der Waals surface area contributed by atoms with Gasteiger partial charge in [-0.2, -0.15) is 4.98 Å². The number of fused-ring (bicyclic) bond motifs is 1. The molecule has 4 rings (SSSR count). The number of aromatic nitrogens is 2. The Bertz CT molecular complexity index is 737. The van der Waals surface area contributed by atoms with Crippen LogP contribution in [0.5, 0.6) is 0 Å². The van der Waals surface area contributed by atoms with Gasteiger partial charge in [0.1, 0.15) is 6.10 Å². The van der Waals surface area contributed by atoms with Gasteiger partial charge in [-0.1, -0.05) is 17.3 Å². The van der Waals surface area contributed by atoms with E-state index in [1.807, 2.05) is 12.1 Å². The van der Waals surface area contributed by atoms with Crippen molar-refractivity contribution in [2.24, 2.45) is 0 Å². The van der Waals surface area contributed by atoms with E-state index in [1.54, 1.807) is 0 Å². The Labute approximate surface area is 139 Å². The molecule has 2 aliphatic rings. The molecule has 0 spiro atoms. The third-order valence-corrected chi connectivity index (χ3v) is 4.42. The van der Waals surface area contributed by atoms with Gasteiger partial charge in [-0.25, -0.2) is 0 Å². The van der Waals surface area contributed by atoms with E-state index >= 15 is 0 Å². The summed E-state index contributed by atoms with van der Waals surface area (Å²) in [5, 5.41) is 10.1. The lowest BCUT2D eigenvalue weighted by atomic mass is 9.99. The molecule has 1 atom stereocenters. The molecule has 0 aliphatic carbocycles. The molecular formula is C17H20N4O3. The number of nitrogens with one attached hydrogen (secondary N) is 2. The predicted octanol–water partition coefficient (Wildman–Crippen LogP) is 2.21. The first-order chi connectivity index (χ1) is 11.8. The maximum Gasteiger partial charge on any atom is 0.255 e. The summed E-state index contributed by atoms with van der Waals surface area (Å²) in [7, 11) is 0. The van der Waals surface area contributed by atoms with E-state index in [1.165, 1.54) is 5.56 Å². The summed E-state index contributed by atoms with van der Waals surface area (Å²) in [5.74, 6) is 0.826. The van der Waals surface area contributed by atoms with E-state index < -0.39 is 0 Å². The van der Waals surface area contributed by atoms with E-state index in [0.29, 0.717) is 17.3 Å². The maximum absolute atomic E-state index is 12.5. The van der Waals surface area contributed by atoms with E-state index in [4.69, 9.17) is 9.26 Å². The number of carbonyl (C=O) groups is 1. The number of amides is 1. The highest BCUT2D eigenvalue weighted by molar-refractivity contribution is 6.00. The Kier molecular flexibility index (Phi) is 4.17. The van der Waals surface area contributed by atoms with Gasteiger partial charge in [-0.15, -0.1) is 0 Å². The summed E-state index contributed by atoms with van der Waals surface area (Å²) >= 11 is 0. The first-order valence-corrected chi connectivity index (χ1v) is 8.39. The van der Waals surface area contributed by atoms with Crippen molar-refractivity contribution in [3.05, 3.63) is 41.0 Å². The lowest BCUT2D eigenvalue weighted by molar-refractivity contribution is 0.0835. The Hall–Kier alpha value is -2.41. The van der Waals surface area contributed by atoms with Gasteiger partial charge in [0.2, 0.25) is 0 Å². The van der Waals surface area contributed by atoms with Gasteiger partial charge >= 0.3 is 0 Å². The molecule has 0 bridgehead atoms. The lowest BCUT2D eigenvalue weighted by Gasteiger charge is -2.20. The molecule has 7 heteroatoms. The van der Waals surface area contributed by atoms with Crippen LogP contribution in [-0.4, -0.2) is 29.2 Å². The lowest BCUT2D eigenvalue weighted by Crippen LogP contribution is -2.26. The number of hydrogen-bond acceptors (Lipinski definition) is 6. The van der Waals surface area contributed by atoms with Crippen LogP contribution in [-0.2, 0) is 17.7 Å². The van der Waals surface area contributed by atoms with Crippen molar-refractivity contribution in [3.8, 4) is 0 Å². The largest absolute Gasteiger partial charge is 0.384 e. The third-order valence-electron chi connectivity index (χ3n) is 4.42. The second-order valence-electron chi connectivity index (χ2n) is 6.10. The Morgan fingerprint density at radius 1 is 1.38 bits per heavy atom. The van der Waals surface area contributed by atoms with E-state index in [0.717, 1.165) is 44.5 Å². The average Bonchev–Trinajstić information content (AvgIpc) is 3.30. The minimum Gasteiger partial charge on any atom is -0.384 e. The van der Waals surface area contributed by atoms with Crippen LogP contribution >= 0.6 is 0 Å². The zero-order valence-corrected chi connectivity index (χ0v) is 13.4. The summed E-state index contributed by atoms with van der Waals surface area (Å²) in [5.41, 5.74) is 2.79. The molecule has 2 aliphatic heterocycles. The van der Waals surface area contributed by atoms with Gasteiger partial charge in [0, 0.05) is 13.2 Å². The fraction of sp³-hybridized carbons (Fsp3) is 0.471. The van der Waals surface area contributed by atoms with Gasteiger partial charge in [0.15, 0.2) is 5.82 Å². The quantitative estimate of drug-likeness (QED) is 0.894. The van der Waals surface area contributed by atoms with Crippen LogP contribution in [0.1, 0.15) is 53.0 Å². The molecular weight excluding hydrogens is 308 g/mol. The fourth-order valence-electron chi connectivity index (χ4n) is 3.20. The van der Waals surface area contributed by atoms with Gasteiger partial charge in [-0.3, -0.25) is 4.79 Å². The van der Waals surface area contributed by atoms with Gasteiger partial charge < -0.3 is 19.9 Å². The summed E-state index contributed by atoms with van der Waals surface area (Å²) in [6.45, 7) is 1.86. The minimum absolute atomic E-state index is 0.104. The first kappa shape index (κ1) is 15.1. The third kappa shape index (κ3) is 2.99. The van der Waals surface area contributed by atoms with Crippen molar-refractivity contribution in [1.82, 2.24) is 15.5 Å². The number of carbonyl (C=O) groups excluding carboxylic acids is 1. The van der Waals surface area contributed by atoms with Crippen molar-refractivity contribution in [2.45, 2.75) is 38.3 Å². The number of para-hydroxylation sites is 1. The van der Waals surface area contributed by atoms with E-state index in [-0.39, 0.29) is 18.6 Å². The summed E-state index contributed by atoms with van der Waals surface area (Å²) in [6, 6.07) is 5.82. The zero-order chi connectivity index (χ0) is 16.4. The number of ether oxygens (including phenoxy) is 1. The van der Waals surface area contributed by atoms with Crippen LogP contribution in [0, 0.1) is 0 Å². The molecule has 2 N–H and O–H groups in total. The minimum atomic E-state index is -0.135. The maximum atomic E-state index is 12.5. The molecule has 1 aromatic carbocycles. The highest BCUT2D eigenvalue weighted by atomic mass is 16.5. The molecule has 0 unspecified atom stereocenters. The second-order valence-corrected chi connectivity index (χ2v) is 6.10. The molecule has 1 fully saturated rings. The summed E-state index contributed by atoms with van der Waals surface area (Å²) in [6.07, 6.45) is 3.89. The van der Waals surface area contributed by atoms with Crippen LogP contribution in [0.2, 0.25) is 0 Å². The molecule has 0 radical (unpaired) electrons. The average molecular weight is 328 g/mol. The van der Waals surface area contributed by atoms with E-state index in [9.17, 15) is 4.79 Å². The van der Waals surface area contributed by atoms with Gasteiger partial charge in [-0.05, 0) is 37.3 Å². The molecule has 7 nitrogen and oxygen atoms in total. The van der Waals surface area contributed by atoms with Crippen molar-refractivity contribution in [2.75, 3.05) is 18.5 Å². The highest BCUT2D eigenvalue weighted by Crippen LogP contribution is 2.27. The molecule has 3 heterocycles. The Balaban J connectivity index is 1.42.